The summed E-state index contributed by atoms with van der Waals surface area (Å²) >= 11 is 6.11. The standard InChI is InChI=1S/C15H25ClN2O/c1-6-15(7-2,10-16)18-9-13-12(4)14(19-5)11(3)8-17-13/h8,18H,6-7,9-10H2,1-5H3. The zero-order valence-electron chi connectivity index (χ0n) is 12.6. The van der Waals surface area contributed by atoms with Crippen molar-refractivity contribution in [1.82, 2.24) is 10.3 Å². The lowest BCUT2D eigenvalue weighted by molar-refractivity contribution is 0.331. The van der Waals surface area contributed by atoms with E-state index in [0.717, 1.165) is 42.0 Å². The van der Waals surface area contributed by atoms with Crippen molar-refractivity contribution in [2.75, 3.05) is 13.0 Å². The number of alkyl halides is 1. The molecule has 0 saturated heterocycles. The van der Waals surface area contributed by atoms with E-state index in [0.29, 0.717) is 5.88 Å². The maximum Gasteiger partial charge on any atom is 0.128 e. The molecule has 3 nitrogen and oxygen atoms in total. The Morgan fingerprint density at radius 2 is 1.95 bits per heavy atom. The Balaban J connectivity index is 2.89. The number of aromatic nitrogens is 1. The molecule has 0 amide bonds. The fraction of sp³-hybridized carbons (Fsp3) is 0.667. The maximum atomic E-state index is 6.11. The fourth-order valence-electron chi connectivity index (χ4n) is 2.26. The van der Waals surface area contributed by atoms with Crippen LogP contribution in [0.5, 0.6) is 5.75 Å². The third kappa shape index (κ3) is 3.61. The van der Waals surface area contributed by atoms with Crippen LogP contribution >= 0.6 is 11.6 Å². The van der Waals surface area contributed by atoms with Crippen LogP contribution in [0.4, 0.5) is 0 Å². The van der Waals surface area contributed by atoms with E-state index in [1.807, 2.05) is 13.1 Å². The molecule has 0 atom stereocenters. The first kappa shape index (κ1) is 16.3. The first-order valence-corrected chi connectivity index (χ1v) is 7.37. The van der Waals surface area contributed by atoms with Crippen LogP contribution in [-0.4, -0.2) is 23.5 Å². The molecule has 1 aromatic heterocycles. The van der Waals surface area contributed by atoms with Crippen molar-refractivity contribution in [3.63, 3.8) is 0 Å². The van der Waals surface area contributed by atoms with Gasteiger partial charge < -0.3 is 10.1 Å². The Bertz CT molecular complexity index is 409. The van der Waals surface area contributed by atoms with Crippen LogP contribution < -0.4 is 10.1 Å². The summed E-state index contributed by atoms with van der Waals surface area (Å²) in [6.45, 7) is 9.11. The van der Waals surface area contributed by atoms with Crippen LogP contribution in [0.2, 0.25) is 0 Å². The van der Waals surface area contributed by atoms with Gasteiger partial charge in [0.25, 0.3) is 0 Å². The molecule has 0 aromatic carbocycles. The van der Waals surface area contributed by atoms with Gasteiger partial charge >= 0.3 is 0 Å². The second-order valence-corrected chi connectivity index (χ2v) is 5.29. The summed E-state index contributed by atoms with van der Waals surface area (Å²) in [7, 11) is 1.70. The summed E-state index contributed by atoms with van der Waals surface area (Å²) in [5, 5.41) is 3.56. The monoisotopic (exact) mass is 284 g/mol. The van der Waals surface area contributed by atoms with Gasteiger partial charge in [0.1, 0.15) is 5.75 Å². The first-order chi connectivity index (χ1) is 9.03. The van der Waals surface area contributed by atoms with Gasteiger partial charge in [-0.2, -0.15) is 0 Å². The number of rotatable bonds is 7. The van der Waals surface area contributed by atoms with Crippen LogP contribution in [0.15, 0.2) is 6.20 Å². The summed E-state index contributed by atoms with van der Waals surface area (Å²) in [5.41, 5.74) is 3.19. The van der Waals surface area contributed by atoms with Gasteiger partial charge in [0, 0.05) is 35.3 Å². The summed E-state index contributed by atoms with van der Waals surface area (Å²) in [6.07, 6.45) is 3.88. The summed E-state index contributed by atoms with van der Waals surface area (Å²) < 4.78 is 5.43. The molecule has 1 rings (SSSR count). The van der Waals surface area contributed by atoms with E-state index in [9.17, 15) is 0 Å². The van der Waals surface area contributed by atoms with Crippen molar-refractivity contribution in [2.24, 2.45) is 0 Å². The first-order valence-electron chi connectivity index (χ1n) is 6.83. The van der Waals surface area contributed by atoms with E-state index in [4.69, 9.17) is 16.3 Å². The highest BCUT2D eigenvalue weighted by Crippen LogP contribution is 2.25. The number of methoxy groups -OCH3 is 1. The normalized spacial score (nSPS) is 11.7. The average Bonchev–Trinajstić information content (AvgIpc) is 2.43. The molecule has 1 aromatic rings. The van der Waals surface area contributed by atoms with E-state index >= 15 is 0 Å². The largest absolute Gasteiger partial charge is 0.496 e. The van der Waals surface area contributed by atoms with Crippen LogP contribution in [-0.2, 0) is 6.54 Å². The highest BCUT2D eigenvalue weighted by atomic mass is 35.5. The minimum absolute atomic E-state index is 0.00615. The molecule has 0 aliphatic heterocycles. The smallest absolute Gasteiger partial charge is 0.128 e. The van der Waals surface area contributed by atoms with E-state index in [2.05, 4.69) is 31.1 Å². The minimum atomic E-state index is -0.00615. The number of aryl methyl sites for hydroxylation is 1. The van der Waals surface area contributed by atoms with Crippen molar-refractivity contribution in [2.45, 2.75) is 52.6 Å². The Kier molecular flexibility index (Phi) is 6.08. The Hall–Kier alpha value is -0.800. The SMILES string of the molecule is CCC(CC)(CCl)NCc1ncc(C)c(OC)c1C. The molecule has 0 bridgehead atoms. The number of pyridine rings is 1. The number of hydrogen-bond acceptors (Lipinski definition) is 3. The molecule has 0 spiro atoms. The van der Waals surface area contributed by atoms with Crippen LogP contribution in [0.1, 0.15) is 43.5 Å². The molecule has 1 N–H and O–H groups in total. The molecule has 0 aliphatic rings. The second-order valence-electron chi connectivity index (χ2n) is 5.02. The van der Waals surface area contributed by atoms with E-state index in [1.54, 1.807) is 7.11 Å². The van der Waals surface area contributed by atoms with Crippen molar-refractivity contribution >= 4 is 11.6 Å². The number of nitrogens with zero attached hydrogens (tertiary/aromatic N) is 1. The van der Waals surface area contributed by atoms with Crippen molar-refractivity contribution in [1.29, 1.82) is 0 Å². The Morgan fingerprint density at radius 3 is 2.42 bits per heavy atom. The third-order valence-corrected chi connectivity index (χ3v) is 4.50. The quantitative estimate of drug-likeness (QED) is 0.777. The summed E-state index contributed by atoms with van der Waals surface area (Å²) in [6, 6.07) is 0. The predicted molar refractivity (Wildman–Crippen MR) is 81.1 cm³/mol. The topological polar surface area (TPSA) is 34.2 Å². The van der Waals surface area contributed by atoms with Gasteiger partial charge in [0.15, 0.2) is 0 Å². The van der Waals surface area contributed by atoms with Gasteiger partial charge in [-0.1, -0.05) is 13.8 Å². The average molecular weight is 285 g/mol. The van der Waals surface area contributed by atoms with Gasteiger partial charge in [0.2, 0.25) is 0 Å². The zero-order chi connectivity index (χ0) is 14.5. The van der Waals surface area contributed by atoms with E-state index in [-0.39, 0.29) is 5.54 Å². The molecule has 0 aliphatic carbocycles. The summed E-state index contributed by atoms with van der Waals surface area (Å²) in [5.74, 6) is 1.54. The summed E-state index contributed by atoms with van der Waals surface area (Å²) in [4.78, 5) is 4.51. The molecular formula is C15H25ClN2O. The lowest BCUT2D eigenvalue weighted by Crippen LogP contribution is -2.45. The highest BCUT2D eigenvalue weighted by molar-refractivity contribution is 6.18. The molecule has 108 valence electrons. The fourth-order valence-corrected chi connectivity index (χ4v) is 2.73. The third-order valence-electron chi connectivity index (χ3n) is 3.99. The van der Waals surface area contributed by atoms with Gasteiger partial charge in [-0.05, 0) is 26.7 Å². The number of halogens is 1. The van der Waals surface area contributed by atoms with Crippen LogP contribution in [0.3, 0.4) is 0 Å². The maximum absolute atomic E-state index is 6.11. The minimum Gasteiger partial charge on any atom is -0.496 e. The molecule has 0 radical (unpaired) electrons. The highest BCUT2D eigenvalue weighted by Gasteiger charge is 2.24. The molecule has 0 saturated carbocycles. The predicted octanol–water partition coefficient (Wildman–Crippen LogP) is 3.59. The molecule has 0 fully saturated rings. The number of nitrogens with one attached hydrogen (secondary N) is 1. The Labute approximate surface area is 121 Å². The lowest BCUT2D eigenvalue weighted by Gasteiger charge is -2.31. The molecule has 19 heavy (non-hydrogen) atoms. The molecular weight excluding hydrogens is 260 g/mol. The molecule has 4 heteroatoms. The zero-order valence-corrected chi connectivity index (χ0v) is 13.4. The Morgan fingerprint density at radius 1 is 1.32 bits per heavy atom. The van der Waals surface area contributed by atoms with E-state index in [1.165, 1.54) is 0 Å². The van der Waals surface area contributed by atoms with E-state index < -0.39 is 0 Å². The number of hydrogen-bond donors (Lipinski definition) is 1. The van der Waals surface area contributed by atoms with Gasteiger partial charge in [-0.25, -0.2) is 0 Å². The molecule has 0 unspecified atom stereocenters. The van der Waals surface area contributed by atoms with Gasteiger partial charge in [0.05, 0.1) is 12.8 Å². The van der Waals surface area contributed by atoms with Crippen LogP contribution in [0.25, 0.3) is 0 Å². The van der Waals surface area contributed by atoms with Crippen molar-refractivity contribution < 1.29 is 4.74 Å². The van der Waals surface area contributed by atoms with Crippen molar-refractivity contribution in [3.05, 3.63) is 23.0 Å². The van der Waals surface area contributed by atoms with Gasteiger partial charge in [-0.15, -0.1) is 11.6 Å². The van der Waals surface area contributed by atoms with Crippen LogP contribution in [0, 0.1) is 13.8 Å². The van der Waals surface area contributed by atoms with Gasteiger partial charge in [-0.3, -0.25) is 4.98 Å². The van der Waals surface area contributed by atoms with Crippen molar-refractivity contribution in [3.8, 4) is 5.75 Å². The lowest BCUT2D eigenvalue weighted by atomic mass is 9.95. The second kappa shape index (κ2) is 7.11. The molecule has 1 heterocycles. The number of ether oxygens (including phenoxy) is 1.